The minimum Gasteiger partial charge on any atom is -0.348 e. The molecule has 90 valence electrons. The summed E-state index contributed by atoms with van der Waals surface area (Å²) in [6, 6.07) is 0. The Balaban J connectivity index is 2.47. The third-order valence-electron chi connectivity index (χ3n) is 1.90. The molecule has 1 aromatic heterocycles. The molecule has 0 aliphatic carbocycles. The zero-order chi connectivity index (χ0) is 12.0. The SMILES string of the molecule is CNCCn1nnnc1SCC(=O)N(C)C. The smallest absolute Gasteiger partial charge is 0.232 e. The van der Waals surface area contributed by atoms with E-state index in [0.29, 0.717) is 17.5 Å². The molecular weight excluding hydrogens is 228 g/mol. The van der Waals surface area contributed by atoms with Crippen LogP contribution in [0.4, 0.5) is 0 Å². The zero-order valence-corrected chi connectivity index (χ0v) is 10.5. The van der Waals surface area contributed by atoms with E-state index in [4.69, 9.17) is 0 Å². The van der Waals surface area contributed by atoms with Crippen molar-refractivity contribution in [2.24, 2.45) is 0 Å². The first kappa shape index (κ1) is 12.9. The molecule has 1 amide bonds. The fraction of sp³-hybridized carbons (Fsp3) is 0.750. The van der Waals surface area contributed by atoms with Crippen molar-refractivity contribution < 1.29 is 4.79 Å². The topological polar surface area (TPSA) is 75.9 Å². The Bertz CT molecular complexity index is 339. The Morgan fingerprint density at radius 3 is 2.94 bits per heavy atom. The molecular formula is C8H16N6OS. The fourth-order valence-corrected chi connectivity index (χ4v) is 1.80. The summed E-state index contributed by atoms with van der Waals surface area (Å²) >= 11 is 1.35. The molecule has 0 saturated heterocycles. The van der Waals surface area contributed by atoms with Crippen LogP contribution >= 0.6 is 11.8 Å². The van der Waals surface area contributed by atoms with Crippen LogP contribution in [0.15, 0.2) is 5.16 Å². The normalized spacial score (nSPS) is 10.4. The first-order valence-electron chi connectivity index (χ1n) is 4.89. The van der Waals surface area contributed by atoms with Gasteiger partial charge in [-0.25, -0.2) is 4.68 Å². The van der Waals surface area contributed by atoms with Crippen LogP contribution in [0.5, 0.6) is 0 Å². The lowest BCUT2D eigenvalue weighted by atomic mass is 10.6. The number of hydrogen-bond donors (Lipinski definition) is 1. The molecule has 0 aliphatic rings. The number of tetrazole rings is 1. The summed E-state index contributed by atoms with van der Waals surface area (Å²) in [6.07, 6.45) is 0. The van der Waals surface area contributed by atoms with E-state index in [2.05, 4.69) is 20.8 Å². The van der Waals surface area contributed by atoms with E-state index in [9.17, 15) is 4.79 Å². The highest BCUT2D eigenvalue weighted by atomic mass is 32.2. The van der Waals surface area contributed by atoms with Gasteiger partial charge in [0, 0.05) is 20.6 Å². The molecule has 0 unspecified atom stereocenters. The first-order valence-corrected chi connectivity index (χ1v) is 5.87. The summed E-state index contributed by atoms with van der Waals surface area (Å²) < 4.78 is 1.68. The van der Waals surface area contributed by atoms with Crippen LogP contribution < -0.4 is 5.32 Å². The third-order valence-corrected chi connectivity index (χ3v) is 2.84. The third kappa shape index (κ3) is 3.78. The number of nitrogens with zero attached hydrogens (tertiary/aromatic N) is 5. The van der Waals surface area contributed by atoms with E-state index < -0.39 is 0 Å². The van der Waals surface area contributed by atoms with Gasteiger partial charge in [0.05, 0.1) is 12.3 Å². The average Bonchev–Trinajstić information content (AvgIpc) is 2.70. The molecule has 0 bridgehead atoms. The van der Waals surface area contributed by atoms with Crippen molar-refractivity contribution in [1.29, 1.82) is 0 Å². The number of carbonyl (C=O) groups is 1. The van der Waals surface area contributed by atoms with E-state index in [-0.39, 0.29) is 5.91 Å². The molecule has 1 heterocycles. The number of thioether (sulfide) groups is 1. The van der Waals surface area contributed by atoms with Crippen molar-refractivity contribution in [3.8, 4) is 0 Å². The van der Waals surface area contributed by atoms with Crippen LogP contribution in [0, 0.1) is 0 Å². The molecule has 0 atom stereocenters. The predicted molar refractivity (Wildman–Crippen MR) is 61.2 cm³/mol. The Hall–Kier alpha value is -1.15. The maximum atomic E-state index is 11.4. The molecule has 0 aliphatic heterocycles. The highest BCUT2D eigenvalue weighted by Gasteiger charge is 2.10. The van der Waals surface area contributed by atoms with Gasteiger partial charge in [0.25, 0.3) is 0 Å². The van der Waals surface area contributed by atoms with Crippen LogP contribution in [0.3, 0.4) is 0 Å². The number of amides is 1. The highest BCUT2D eigenvalue weighted by molar-refractivity contribution is 7.99. The van der Waals surface area contributed by atoms with E-state index in [1.54, 1.807) is 23.7 Å². The second-order valence-electron chi connectivity index (χ2n) is 3.36. The number of likely N-dealkylation sites (N-methyl/N-ethyl adjacent to an activating group) is 1. The molecule has 0 aromatic carbocycles. The van der Waals surface area contributed by atoms with Crippen molar-refractivity contribution in [3.05, 3.63) is 0 Å². The standard InChI is InChI=1S/C8H16N6OS/c1-9-4-5-14-8(10-11-12-14)16-6-7(15)13(2)3/h9H,4-6H2,1-3H3. The first-order chi connectivity index (χ1) is 7.65. The molecule has 16 heavy (non-hydrogen) atoms. The molecule has 1 N–H and O–H groups in total. The van der Waals surface area contributed by atoms with Gasteiger partial charge in [-0.1, -0.05) is 11.8 Å². The van der Waals surface area contributed by atoms with Crippen LogP contribution in [0.25, 0.3) is 0 Å². The number of hydrogen-bond acceptors (Lipinski definition) is 6. The quantitative estimate of drug-likeness (QED) is 0.652. The molecule has 7 nitrogen and oxygen atoms in total. The Morgan fingerprint density at radius 2 is 2.31 bits per heavy atom. The van der Waals surface area contributed by atoms with Gasteiger partial charge in [0.1, 0.15) is 0 Å². The van der Waals surface area contributed by atoms with E-state index in [1.165, 1.54) is 11.8 Å². The number of rotatable bonds is 6. The fourth-order valence-electron chi connectivity index (χ4n) is 0.913. The largest absolute Gasteiger partial charge is 0.348 e. The van der Waals surface area contributed by atoms with Crippen molar-refractivity contribution in [3.63, 3.8) is 0 Å². The molecule has 0 saturated carbocycles. The Labute approximate surface area is 98.6 Å². The molecule has 0 spiro atoms. The van der Waals surface area contributed by atoms with Gasteiger partial charge < -0.3 is 10.2 Å². The van der Waals surface area contributed by atoms with Crippen molar-refractivity contribution in [2.75, 3.05) is 33.4 Å². The van der Waals surface area contributed by atoms with Gasteiger partial charge in [0.2, 0.25) is 11.1 Å². The van der Waals surface area contributed by atoms with Gasteiger partial charge in [-0.05, 0) is 17.5 Å². The molecule has 8 heteroatoms. The summed E-state index contributed by atoms with van der Waals surface area (Å²) in [5.74, 6) is 0.403. The van der Waals surface area contributed by atoms with Crippen molar-refractivity contribution >= 4 is 17.7 Å². The van der Waals surface area contributed by atoms with E-state index in [1.807, 2.05) is 7.05 Å². The summed E-state index contributed by atoms with van der Waals surface area (Å²) in [7, 11) is 5.33. The minimum atomic E-state index is 0.0492. The lowest BCUT2D eigenvalue weighted by Gasteiger charge is -2.09. The molecule has 0 radical (unpaired) electrons. The second-order valence-corrected chi connectivity index (χ2v) is 4.31. The number of aromatic nitrogens is 4. The maximum absolute atomic E-state index is 11.4. The second kappa shape index (κ2) is 6.44. The van der Waals surface area contributed by atoms with Crippen molar-refractivity contribution in [1.82, 2.24) is 30.4 Å². The summed E-state index contributed by atoms with van der Waals surface area (Å²) in [6.45, 7) is 1.49. The number of carbonyl (C=O) groups excluding carboxylic acids is 1. The molecule has 1 aromatic rings. The monoisotopic (exact) mass is 244 g/mol. The molecule has 1 rings (SSSR count). The van der Waals surface area contributed by atoms with E-state index in [0.717, 1.165) is 6.54 Å². The average molecular weight is 244 g/mol. The Kier molecular flexibility index (Phi) is 5.20. The van der Waals surface area contributed by atoms with Crippen LogP contribution in [0.1, 0.15) is 0 Å². The molecule has 0 fully saturated rings. The van der Waals surface area contributed by atoms with Gasteiger partial charge in [0.15, 0.2) is 0 Å². The summed E-state index contributed by atoms with van der Waals surface area (Å²) in [4.78, 5) is 12.9. The van der Waals surface area contributed by atoms with Crippen LogP contribution in [-0.4, -0.2) is 64.5 Å². The van der Waals surface area contributed by atoms with E-state index >= 15 is 0 Å². The minimum absolute atomic E-state index is 0.0492. The summed E-state index contributed by atoms with van der Waals surface area (Å²) in [5.41, 5.74) is 0. The van der Waals surface area contributed by atoms with Crippen LogP contribution in [0.2, 0.25) is 0 Å². The highest BCUT2D eigenvalue weighted by Crippen LogP contribution is 2.13. The predicted octanol–water partition coefficient (Wildman–Crippen LogP) is -0.927. The van der Waals surface area contributed by atoms with Gasteiger partial charge in [-0.2, -0.15) is 0 Å². The lowest BCUT2D eigenvalue weighted by Crippen LogP contribution is -2.24. The lowest BCUT2D eigenvalue weighted by molar-refractivity contribution is -0.125. The van der Waals surface area contributed by atoms with Crippen LogP contribution in [-0.2, 0) is 11.3 Å². The Morgan fingerprint density at radius 1 is 1.56 bits per heavy atom. The number of nitrogens with one attached hydrogen (secondary N) is 1. The van der Waals surface area contributed by atoms with Gasteiger partial charge in [-0.3, -0.25) is 4.79 Å². The van der Waals surface area contributed by atoms with Gasteiger partial charge >= 0.3 is 0 Å². The summed E-state index contributed by atoms with van der Waals surface area (Å²) in [5, 5.41) is 15.0. The zero-order valence-electron chi connectivity index (χ0n) is 9.67. The maximum Gasteiger partial charge on any atom is 0.232 e. The van der Waals surface area contributed by atoms with Crippen molar-refractivity contribution in [2.45, 2.75) is 11.7 Å². The van der Waals surface area contributed by atoms with Gasteiger partial charge in [-0.15, -0.1) is 5.10 Å².